The van der Waals surface area contributed by atoms with E-state index in [4.69, 9.17) is 25.8 Å². The standard InChI is InChI=1S/C29H26ClF4N3O6S/c1-41-13-18(14-42-2)37(27(38)21-5-3-17(30)9-24(21)31)25-6-4-19(10-22(25)28(39)40)43-26-23(29(32,33)34)8-16(11-36-26)7-20-12-35-15-44-20/h3-6,8-12,15,18,21,24H,7,13-14H2,1-2H3,(H,39,40). The van der Waals surface area contributed by atoms with Crippen LogP contribution in [0.15, 0.2) is 65.4 Å². The molecule has 1 aliphatic carbocycles. The summed E-state index contributed by atoms with van der Waals surface area (Å²) in [6.45, 7) is -0.235. The molecule has 44 heavy (non-hydrogen) atoms. The summed E-state index contributed by atoms with van der Waals surface area (Å²) >= 11 is 7.15. The molecule has 234 valence electrons. The smallest absolute Gasteiger partial charge is 0.421 e. The first kappa shape index (κ1) is 33.1. The molecule has 1 aliphatic rings. The Balaban J connectivity index is 1.74. The molecule has 2 unspecified atom stereocenters. The number of carbonyl (C=O) groups excluding carboxylic acids is 1. The molecule has 15 heteroatoms. The minimum atomic E-state index is -4.84. The van der Waals surface area contributed by atoms with Crippen molar-refractivity contribution >= 4 is 40.5 Å². The molecular formula is C29H26ClF4N3O6S. The molecule has 1 amide bonds. The Morgan fingerprint density at radius 3 is 2.48 bits per heavy atom. The van der Waals surface area contributed by atoms with Gasteiger partial charge in [-0.3, -0.25) is 9.78 Å². The van der Waals surface area contributed by atoms with Gasteiger partial charge in [0.15, 0.2) is 0 Å². The molecule has 0 saturated carbocycles. The van der Waals surface area contributed by atoms with Crippen molar-refractivity contribution in [1.29, 1.82) is 0 Å². The van der Waals surface area contributed by atoms with Gasteiger partial charge in [0.25, 0.3) is 0 Å². The number of allylic oxidation sites excluding steroid dienone is 3. The van der Waals surface area contributed by atoms with Gasteiger partial charge in [-0.2, -0.15) is 13.2 Å². The molecule has 0 radical (unpaired) electrons. The lowest BCUT2D eigenvalue weighted by molar-refractivity contribution is -0.139. The summed E-state index contributed by atoms with van der Waals surface area (Å²) in [4.78, 5) is 35.7. The van der Waals surface area contributed by atoms with Crippen LogP contribution < -0.4 is 9.64 Å². The molecule has 0 bridgehead atoms. The van der Waals surface area contributed by atoms with Gasteiger partial charge in [-0.1, -0.05) is 17.7 Å². The predicted octanol–water partition coefficient (Wildman–Crippen LogP) is 6.28. The Kier molecular flexibility index (Phi) is 10.7. The second-order valence-corrected chi connectivity index (χ2v) is 11.0. The van der Waals surface area contributed by atoms with Gasteiger partial charge < -0.3 is 24.2 Å². The van der Waals surface area contributed by atoms with Gasteiger partial charge in [-0.15, -0.1) is 11.3 Å². The van der Waals surface area contributed by atoms with Gasteiger partial charge in [0.2, 0.25) is 11.8 Å². The second kappa shape index (κ2) is 14.3. The van der Waals surface area contributed by atoms with Gasteiger partial charge in [0, 0.05) is 42.9 Å². The number of carboxylic acid groups (broad SMARTS) is 1. The first-order valence-electron chi connectivity index (χ1n) is 12.9. The SMILES string of the molecule is COCC(COC)N(C(=O)C1C=CC(Cl)=CC1F)c1ccc(Oc2ncc(Cc3cncs3)cc2C(F)(F)F)cc1C(=O)O. The molecule has 2 heterocycles. The zero-order valence-corrected chi connectivity index (χ0v) is 24.8. The van der Waals surface area contributed by atoms with E-state index in [1.807, 2.05) is 0 Å². The molecule has 0 spiro atoms. The van der Waals surface area contributed by atoms with E-state index in [1.54, 1.807) is 11.7 Å². The van der Waals surface area contributed by atoms with Gasteiger partial charge in [0.1, 0.15) is 17.5 Å². The fourth-order valence-corrected chi connectivity index (χ4v) is 5.37. The molecular weight excluding hydrogens is 630 g/mol. The van der Waals surface area contributed by atoms with Gasteiger partial charge in [0.05, 0.1) is 41.9 Å². The molecule has 2 atom stereocenters. The topological polar surface area (TPSA) is 111 Å². The number of hydrogen-bond donors (Lipinski definition) is 1. The van der Waals surface area contributed by atoms with Crippen LogP contribution >= 0.6 is 22.9 Å². The maximum Gasteiger partial charge on any atom is 0.421 e. The summed E-state index contributed by atoms with van der Waals surface area (Å²) in [5, 5.41) is 10.2. The number of pyridine rings is 1. The molecule has 3 aromatic rings. The largest absolute Gasteiger partial charge is 0.478 e. The number of methoxy groups -OCH3 is 2. The normalized spacial score (nSPS) is 16.6. The van der Waals surface area contributed by atoms with Crippen LogP contribution in [0, 0.1) is 5.92 Å². The lowest BCUT2D eigenvalue weighted by Crippen LogP contribution is -2.50. The molecule has 1 N–H and O–H groups in total. The molecule has 9 nitrogen and oxygen atoms in total. The Labute approximate surface area is 258 Å². The number of aromatic nitrogens is 2. The van der Waals surface area contributed by atoms with E-state index in [2.05, 4.69) is 9.97 Å². The number of carbonyl (C=O) groups is 2. The number of carboxylic acids is 1. The van der Waals surface area contributed by atoms with E-state index < -0.39 is 53.2 Å². The summed E-state index contributed by atoms with van der Waals surface area (Å²) in [6, 6.07) is 3.33. The highest BCUT2D eigenvalue weighted by molar-refractivity contribution is 7.09. The molecule has 0 aliphatic heterocycles. The number of halogens is 5. The van der Waals surface area contributed by atoms with Crippen molar-refractivity contribution in [3.8, 4) is 11.6 Å². The Morgan fingerprint density at radius 1 is 1.16 bits per heavy atom. The van der Waals surface area contributed by atoms with Crippen molar-refractivity contribution in [2.24, 2.45) is 5.92 Å². The lowest BCUT2D eigenvalue weighted by atomic mass is 9.95. The highest BCUT2D eigenvalue weighted by atomic mass is 35.5. The van der Waals surface area contributed by atoms with Crippen LogP contribution in [0.2, 0.25) is 0 Å². The Morgan fingerprint density at radius 2 is 1.89 bits per heavy atom. The summed E-state index contributed by atoms with van der Waals surface area (Å²) in [7, 11) is 2.71. The van der Waals surface area contributed by atoms with Crippen molar-refractivity contribution < 1.29 is 46.5 Å². The number of thiazole rings is 1. The molecule has 4 rings (SSSR count). The van der Waals surface area contributed by atoms with Crippen molar-refractivity contribution in [3.63, 3.8) is 0 Å². The third-order valence-electron chi connectivity index (χ3n) is 6.48. The van der Waals surface area contributed by atoms with Crippen LogP contribution in [0.5, 0.6) is 11.6 Å². The van der Waals surface area contributed by atoms with Crippen molar-refractivity contribution in [2.75, 3.05) is 32.3 Å². The maximum absolute atomic E-state index is 14.9. The minimum absolute atomic E-state index is 0.0922. The van der Waals surface area contributed by atoms with Crippen molar-refractivity contribution in [1.82, 2.24) is 9.97 Å². The van der Waals surface area contributed by atoms with Crippen molar-refractivity contribution in [3.05, 3.63) is 87.0 Å². The third-order valence-corrected chi connectivity index (χ3v) is 7.51. The van der Waals surface area contributed by atoms with Crippen LogP contribution in [0.1, 0.15) is 26.4 Å². The van der Waals surface area contributed by atoms with Crippen molar-refractivity contribution in [2.45, 2.75) is 24.8 Å². The molecule has 0 saturated heterocycles. The number of anilines is 1. The number of benzene rings is 1. The second-order valence-electron chi connectivity index (χ2n) is 9.58. The summed E-state index contributed by atoms with van der Waals surface area (Å²) in [5.74, 6) is -4.79. The van der Waals surface area contributed by atoms with E-state index in [-0.39, 0.29) is 41.7 Å². The molecule has 2 aromatic heterocycles. The van der Waals surface area contributed by atoms with E-state index in [0.717, 1.165) is 28.0 Å². The highest BCUT2D eigenvalue weighted by Crippen LogP contribution is 2.39. The van der Waals surface area contributed by atoms with Gasteiger partial charge in [-0.25, -0.2) is 14.2 Å². The maximum atomic E-state index is 14.9. The first-order valence-corrected chi connectivity index (χ1v) is 14.2. The van der Waals surface area contributed by atoms with E-state index in [1.165, 1.54) is 56.0 Å². The average molecular weight is 656 g/mol. The van der Waals surface area contributed by atoms with Crippen LogP contribution in [0.3, 0.4) is 0 Å². The fourth-order valence-electron chi connectivity index (χ4n) is 4.55. The Bertz CT molecular complexity index is 1540. The van der Waals surface area contributed by atoms with Gasteiger partial charge in [-0.05, 0) is 42.0 Å². The quantitative estimate of drug-likeness (QED) is 0.227. The molecule has 0 fully saturated rings. The fraction of sp³-hybridized carbons (Fsp3) is 0.310. The highest BCUT2D eigenvalue weighted by Gasteiger charge is 2.38. The number of nitrogens with zero attached hydrogens (tertiary/aromatic N) is 3. The summed E-state index contributed by atoms with van der Waals surface area (Å²) < 4.78 is 72.8. The van der Waals surface area contributed by atoms with E-state index in [0.29, 0.717) is 0 Å². The van der Waals surface area contributed by atoms with Crippen LogP contribution in [-0.2, 0) is 26.9 Å². The van der Waals surface area contributed by atoms with Crippen LogP contribution in [0.25, 0.3) is 0 Å². The lowest BCUT2D eigenvalue weighted by Gasteiger charge is -2.35. The average Bonchev–Trinajstić information content (AvgIpc) is 3.47. The summed E-state index contributed by atoms with van der Waals surface area (Å²) in [5.41, 5.74) is -0.0236. The third kappa shape index (κ3) is 7.80. The first-order chi connectivity index (χ1) is 20.9. The monoisotopic (exact) mass is 655 g/mol. The number of rotatable bonds is 12. The minimum Gasteiger partial charge on any atom is -0.478 e. The van der Waals surface area contributed by atoms with Crippen LogP contribution in [0.4, 0.5) is 23.2 Å². The van der Waals surface area contributed by atoms with E-state index in [9.17, 15) is 32.3 Å². The predicted molar refractivity (Wildman–Crippen MR) is 154 cm³/mol. The number of amides is 1. The zero-order chi connectivity index (χ0) is 32.0. The molecule has 1 aromatic carbocycles. The number of ether oxygens (including phenoxy) is 3. The summed E-state index contributed by atoms with van der Waals surface area (Å²) in [6.07, 6.45) is -0.0514. The zero-order valence-electron chi connectivity index (χ0n) is 23.3. The number of hydrogen-bond acceptors (Lipinski definition) is 8. The van der Waals surface area contributed by atoms with Gasteiger partial charge >= 0.3 is 12.1 Å². The number of alkyl halides is 4. The Hall–Kier alpha value is -3.85. The van der Waals surface area contributed by atoms with E-state index >= 15 is 0 Å². The van der Waals surface area contributed by atoms with Crippen LogP contribution in [-0.4, -0.2) is 66.6 Å². The number of aromatic carboxylic acids is 1.